The first-order chi connectivity index (χ1) is 17.7. The van der Waals surface area contributed by atoms with Crippen LogP contribution in [0.2, 0.25) is 0 Å². The van der Waals surface area contributed by atoms with Gasteiger partial charge in [0.2, 0.25) is 5.95 Å². The van der Waals surface area contributed by atoms with Crippen LogP contribution in [0.15, 0.2) is 79.1 Å². The number of nitrogens with two attached hydrogens (primary N) is 1. The third-order valence-corrected chi connectivity index (χ3v) is 5.68. The molecule has 5 aromatic rings. The molecule has 0 unspecified atom stereocenters. The Morgan fingerprint density at radius 3 is 2.51 bits per heavy atom. The van der Waals surface area contributed by atoms with Gasteiger partial charge in [-0.25, -0.2) is 15.0 Å². The SMILES string of the molecule is Cc1ccc(NC(=O)c2ccccc2C(F)(F)F)cc1Nc1nc2ccccc2n1-c1cc(N)ncn1. The maximum atomic E-state index is 13.4. The summed E-state index contributed by atoms with van der Waals surface area (Å²) >= 11 is 0. The van der Waals surface area contributed by atoms with E-state index in [1.54, 1.807) is 28.8 Å². The van der Waals surface area contributed by atoms with Crippen LogP contribution in [-0.2, 0) is 6.18 Å². The number of alkyl halides is 3. The number of nitrogens with zero attached hydrogens (tertiary/aromatic N) is 4. The van der Waals surface area contributed by atoms with Gasteiger partial charge >= 0.3 is 6.18 Å². The van der Waals surface area contributed by atoms with Crippen molar-refractivity contribution in [1.82, 2.24) is 19.5 Å². The number of para-hydroxylation sites is 2. The minimum absolute atomic E-state index is 0.286. The highest BCUT2D eigenvalue weighted by molar-refractivity contribution is 6.05. The van der Waals surface area contributed by atoms with Crippen LogP contribution < -0.4 is 16.4 Å². The zero-order valence-electron chi connectivity index (χ0n) is 19.4. The van der Waals surface area contributed by atoms with Crippen LogP contribution in [-0.4, -0.2) is 25.4 Å². The number of fused-ring (bicyclic) bond motifs is 1. The summed E-state index contributed by atoms with van der Waals surface area (Å²) < 4.78 is 41.9. The van der Waals surface area contributed by atoms with Gasteiger partial charge in [0.15, 0.2) is 0 Å². The van der Waals surface area contributed by atoms with Crippen molar-refractivity contribution in [2.75, 3.05) is 16.4 Å². The smallest absolute Gasteiger partial charge is 0.384 e. The number of rotatable bonds is 5. The third kappa shape index (κ3) is 4.79. The lowest BCUT2D eigenvalue weighted by Gasteiger charge is -2.15. The molecule has 0 radical (unpaired) electrons. The summed E-state index contributed by atoms with van der Waals surface area (Å²) in [5, 5.41) is 5.82. The van der Waals surface area contributed by atoms with Crippen LogP contribution in [0.25, 0.3) is 16.9 Å². The van der Waals surface area contributed by atoms with Crippen LogP contribution in [0, 0.1) is 6.92 Å². The number of carbonyl (C=O) groups is 1. The highest BCUT2D eigenvalue weighted by Gasteiger charge is 2.34. The fraction of sp³-hybridized carbons (Fsp3) is 0.0769. The monoisotopic (exact) mass is 503 g/mol. The molecule has 186 valence electrons. The normalized spacial score (nSPS) is 11.5. The highest BCUT2D eigenvalue weighted by Crippen LogP contribution is 2.33. The molecule has 0 aliphatic carbocycles. The summed E-state index contributed by atoms with van der Waals surface area (Å²) in [5.74, 6) is 0.336. The number of aromatic nitrogens is 4. The summed E-state index contributed by atoms with van der Waals surface area (Å²) in [4.78, 5) is 25.7. The van der Waals surface area contributed by atoms with E-state index in [4.69, 9.17) is 5.73 Å². The lowest BCUT2D eigenvalue weighted by atomic mass is 10.1. The second-order valence-electron chi connectivity index (χ2n) is 8.21. The standard InChI is InChI=1S/C26H20F3N7O/c1-15-10-11-16(33-24(37)17-6-2-3-7-18(17)26(27,28)29)12-20(15)35-25-34-19-8-4-5-9-21(19)36(25)23-13-22(30)31-14-32-23/h2-14H,1H3,(H,33,37)(H,34,35)(H2,30,31,32). The van der Waals surface area contributed by atoms with Crippen molar-refractivity contribution in [3.8, 4) is 5.82 Å². The maximum absolute atomic E-state index is 13.4. The van der Waals surface area contributed by atoms with Crippen molar-refractivity contribution in [2.24, 2.45) is 0 Å². The third-order valence-electron chi connectivity index (χ3n) is 5.68. The molecule has 0 spiro atoms. The van der Waals surface area contributed by atoms with Crippen LogP contribution in [0.1, 0.15) is 21.5 Å². The molecule has 2 heterocycles. The predicted octanol–water partition coefficient (Wildman–Crippen LogP) is 5.72. The van der Waals surface area contributed by atoms with Gasteiger partial charge in [0.05, 0.1) is 22.2 Å². The lowest BCUT2D eigenvalue weighted by Crippen LogP contribution is -2.18. The molecule has 37 heavy (non-hydrogen) atoms. The van der Waals surface area contributed by atoms with E-state index < -0.39 is 23.2 Å². The number of hydrogen-bond acceptors (Lipinski definition) is 6. The largest absolute Gasteiger partial charge is 0.417 e. The second-order valence-corrected chi connectivity index (χ2v) is 8.21. The fourth-order valence-electron chi connectivity index (χ4n) is 3.91. The van der Waals surface area contributed by atoms with Gasteiger partial charge < -0.3 is 16.4 Å². The van der Waals surface area contributed by atoms with Crippen molar-refractivity contribution in [3.05, 3.63) is 95.8 Å². The molecule has 0 aliphatic rings. The average Bonchev–Trinajstić information content (AvgIpc) is 3.23. The first-order valence-corrected chi connectivity index (χ1v) is 11.1. The molecule has 0 atom stereocenters. The number of carbonyl (C=O) groups excluding carboxylic acids is 1. The van der Waals surface area contributed by atoms with Gasteiger partial charge in [-0.15, -0.1) is 0 Å². The fourth-order valence-corrected chi connectivity index (χ4v) is 3.91. The summed E-state index contributed by atoms with van der Waals surface area (Å²) in [6, 6.07) is 18.7. The molecule has 11 heteroatoms. The number of anilines is 4. The Hall–Kier alpha value is -4.93. The second kappa shape index (κ2) is 9.26. The number of benzene rings is 3. The number of amides is 1. The van der Waals surface area contributed by atoms with E-state index >= 15 is 0 Å². The van der Waals surface area contributed by atoms with E-state index in [2.05, 4.69) is 25.6 Å². The van der Waals surface area contributed by atoms with Gasteiger partial charge in [0.25, 0.3) is 5.91 Å². The van der Waals surface area contributed by atoms with Gasteiger partial charge in [0.1, 0.15) is 18.0 Å². The summed E-state index contributed by atoms with van der Waals surface area (Å²) in [7, 11) is 0. The first kappa shape index (κ1) is 23.8. The minimum Gasteiger partial charge on any atom is -0.384 e. The Labute approximate surface area is 209 Å². The van der Waals surface area contributed by atoms with Crippen molar-refractivity contribution < 1.29 is 18.0 Å². The molecule has 3 aromatic carbocycles. The number of aryl methyl sites for hydroxylation is 1. The summed E-state index contributed by atoms with van der Waals surface area (Å²) in [6.45, 7) is 1.85. The van der Waals surface area contributed by atoms with Crippen LogP contribution >= 0.6 is 0 Å². The molecule has 0 bridgehead atoms. The van der Waals surface area contributed by atoms with Gasteiger partial charge in [-0.1, -0.05) is 30.3 Å². The maximum Gasteiger partial charge on any atom is 0.417 e. The number of nitrogen functional groups attached to an aromatic ring is 1. The Bertz CT molecular complexity index is 1630. The van der Waals surface area contributed by atoms with Crippen molar-refractivity contribution in [3.63, 3.8) is 0 Å². The van der Waals surface area contributed by atoms with E-state index in [1.165, 1.54) is 18.5 Å². The molecular formula is C26H20F3N7O. The van der Waals surface area contributed by atoms with Crippen molar-refractivity contribution in [1.29, 1.82) is 0 Å². The molecule has 0 fully saturated rings. The van der Waals surface area contributed by atoms with E-state index in [0.717, 1.165) is 23.2 Å². The lowest BCUT2D eigenvalue weighted by molar-refractivity contribution is -0.137. The Kier molecular flexibility index (Phi) is 5.96. The number of nitrogens with one attached hydrogen (secondary N) is 2. The number of imidazole rings is 1. The molecule has 0 aliphatic heterocycles. The minimum atomic E-state index is -4.66. The average molecular weight is 503 g/mol. The molecule has 2 aromatic heterocycles. The van der Waals surface area contributed by atoms with Gasteiger partial charge in [0, 0.05) is 17.4 Å². The van der Waals surface area contributed by atoms with Crippen LogP contribution in [0.4, 0.5) is 36.3 Å². The van der Waals surface area contributed by atoms with Gasteiger partial charge in [-0.2, -0.15) is 13.2 Å². The molecule has 0 saturated carbocycles. The Morgan fingerprint density at radius 1 is 0.973 bits per heavy atom. The van der Waals surface area contributed by atoms with Crippen molar-refractivity contribution >= 4 is 40.1 Å². The highest BCUT2D eigenvalue weighted by atomic mass is 19.4. The molecule has 1 amide bonds. The zero-order chi connectivity index (χ0) is 26.2. The summed E-state index contributed by atoms with van der Waals surface area (Å²) in [6.07, 6.45) is -3.30. The molecule has 0 saturated heterocycles. The number of hydrogen-bond donors (Lipinski definition) is 3. The van der Waals surface area contributed by atoms with Crippen LogP contribution in [0.3, 0.4) is 0 Å². The Balaban J connectivity index is 1.50. The molecule has 8 nitrogen and oxygen atoms in total. The predicted molar refractivity (Wildman–Crippen MR) is 135 cm³/mol. The zero-order valence-corrected chi connectivity index (χ0v) is 19.4. The first-order valence-electron chi connectivity index (χ1n) is 11.1. The molecular weight excluding hydrogens is 483 g/mol. The quantitative estimate of drug-likeness (QED) is 0.283. The van der Waals surface area contributed by atoms with Crippen LogP contribution in [0.5, 0.6) is 0 Å². The Morgan fingerprint density at radius 2 is 1.73 bits per heavy atom. The van der Waals surface area contributed by atoms with Gasteiger partial charge in [-0.3, -0.25) is 9.36 Å². The topological polar surface area (TPSA) is 111 Å². The van der Waals surface area contributed by atoms with E-state index in [0.29, 0.717) is 28.7 Å². The van der Waals surface area contributed by atoms with E-state index in [9.17, 15) is 18.0 Å². The molecule has 5 rings (SSSR count). The molecule has 4 N–H and O–H groups in total. The van der Waals surface area contributed by atoms with E-state index in [-0.39, 0.29) is 5.82 Å². The van der Waals surface area contributed by atoms with Crippen molar-refractivity contribution in [2.45, 2.75) is 13.1 Å². The van der Waals surface area contributed by atoms with Gasteiger partial charge in [-0.05, 0) is 48.9 Å². The van der Waals surface area contributed by atoms with E-state index in [1.807, 2.05) is 31.2 Å². The summed E-state index contributed by atoms with van der Waals surface area (Å²) in [5.41, 5.74) is 7.58. The number of halogens is 3.